The van der Waals surface area contributed by atoms with Crippen LogP contribution in [0.1, 0.15) is 33.1 Å². The van der Waals surface area contributed by atoms with Gasteiger partial charge in [0.05, 0.1) is 10.7 Å². The zero-order valence-corrected chi connectivity index (χ0v) is 12.7. The van der Waals surface area contributed by atoms with Crippen LogP contribution in [0, 0.1) is 11.8 Å². The maximum atomic E-state index is 6.20. The lowest BCUT2D eigenvalue weighted by Gasteiger charge is -2.33. The van der Waals surface area contributed by atoms with Gasteiger partial charge in [-0.2, -0.15) is 0 Å². The second-order valence-electron chi connectivity index (χ2n) is 5.23. The number of benzene rings is 1. The molecule has 17 heavy (non-hydrogen) atoms. The molecule has 0 saturated heterocycles. The van der Waals surface area contributed by atoms with Gasteiger partial charge < -0.3 is 5.32 Å². The van der Waals surface area contributed by atoms with E-state index < -0.39 is 0 Å². The summed E-state index contributed by atoms with van der Waals surface area (Å²) >= 11 is 9.68. The highest BCUT2D eigenvalue weighted by Gasteiger charge is 2.24. The maximum absolute atomic E-state index is 6.20. The van der Waals surface area contributed by atoms with Crippen LogP contribution in [-0.2, 0) is 0 Å². The van der Waals surface area contributed by atoms with Crippen LogP contribution in [0.4, 0.5) is 5.69 Å². The van der Waals surface area contributed by atoms with Crippen molar-refractivity contribution < 1.29 is 0 Å². The average Bonchev–Trinajstić information content (AvgIpc) is 2.29. The Bertz CT molecular complexity index is 394. The van der Waals surface area contributed by atoms with Gasteiger partial charge in [-0.1, -0.05) is 41.4 Å². The number of hydrogen-bond donors (Lipinski definition) is 1. The third-order valence-electron chi connectivity index (χ3n) is 3.89. The highest BCUT2D eigenvalue weighted by molar-refractivity contribution is 9.10. The van der Waals surface area contributed by atoms with Gasteiger partial charge in [-0.15, -0.1) is 0 Å². The smallest absolute Gasteiger partial charge is 0.0638 e. The predicted molar refractivity (Wildman–Crippen MR) is 78.7 cm³/mol. The molecule has 0 heterocycles. The van der Waals surface area contributed by atoms with E-state index >= 15 is 0 Å². The Morgan fingerprint density at radius 2 is 2.00 bits per heavy atom. The molecule has 94 valence electrons. The van der Waals surface area contributed by atoms with Crippen LogP contribution in [0.25, 0.3) is 0 Å². The highest BCUT2D eigenvalue weighted by Crippen LogP contribution is 2.33. The summed E-state index contributed by atoms with van der Waals surface area (Å²) in [6.07, 6.45) is 3.79. The molecule has 3 heteroatoms. The van der Waals surface area contributed by atoms with Gasteiger partial charge in [0.25, 0.3) is 0 Å². The van der Waals surface area contributed by atoms with Gasteiger partial charge in [-0.05, 0) is 49.3 Å². The summed E-state index contributed by atoms with van der Waals surface area (Å²) in [7, 11) is 0. The normalized spacial score (nSPS) is 29.1. The molecule has 3 atom stereocenters. The van der Waals surface area contributed by atoms with Crippen molar-refractivity contribution in [3.05, 3.63) is 27.7 Å². The Morgan fingerprint density at radius 3 is 2.71 bits per heavy atom. The molecular formula is C14H19BrClN. The van der Waals surface area contributed by atoms with Crippen molar-refractivity contribution in [1.29, 1.82) is 0 Å². The molecule has 0 spiro atoms. The molecule has 1 aromatic carbocycles. The van der Waals surface area contributed by atoms with Crippen LogP contribution in [0.15, 0.2) is 22.7 Å². The van der Waals surface area contributed by atoms with Crippen LogP contribution in [-0.4, -0.2) is 6.04 Å². The molecule has 3 unspecified atom stereocenters. The van der Waals surface area contributed by atoms with E-state index in [1.807, 2.05) is 12.1 Å². The molecule has 1 aliphatic rings. The van der Waals surface area contributed by atoms with Crippen molar-refractivity contribution in [1.82, 2.24) is 0 Å². The monoisotopic (exact) mass is 315 g/mol. The van der Waals surface area contributed by atoms with Gasteiger partial charge in [0, 0.05) is 10.5 Å². The molecule has 1 nitrogen and oxygen atoms in total. The van der Waals surface area contributed by atoms with Gasteiger partial charge in [0.2, 0.25) is 0 Å². The molecule has 1 aromatic rings. The Labute approximate surface area is 117 Å². The SMILES string of the molecule is CC1CCC(Nc2cc(Br)ccc2Cl)CC1C. The van der Waals surface area contributed by atoms with Crippen LogP contribution >= 0.6 is 27.5 Å². The molecule has 1 saturated carbocycles. The first-order chi connectivity index (χ1) is 8.06. The van der Waals surface area contributed by atoms with E-state index in [1.165, 1.54) is 19.3 Å². The summed E-state index contributed by atoms with van der Waals surface area (Å²) in [5.74, 6) is 1.65. The van der Waals surface area contributed by atoms with E-state index in [0.717, 1.165) is 27.0 Å². The molecule has 0 bridgehead atoms. The number of anilines is 1. The molecule has 0 aliphatic heterocycles. The summed E-state index contributed by atoms with van der Waals surface area (Å²) < 4.78 is 1.07. The second-order valence-corrected chi connectivity index (χ2v) is 6.56. The molecule has 0 amide bonds. The van der Waals surface area contributed by atoms with Gasteiger partial charge in [-0.3, -0.25) is 0 Å². The minimum absolute atomic E-state index is 0.563. The first-order valence-electron chi connectivity index (χ1n) is 6.28. The molecule has 0 aromatic heterocycles. The molecule has 2 rings (SSSR count). The van der Waals surface area contributed by atoms with E-state index in [2.05, 4.69) is 41.2 Å². The number of hydrogen-bond acceptors (Lipinski definition) is 1. The lowest BCUT2D eigenvalue weighted by Crippen LogP contribution is -2.30. The van der Waals surface area contributed by atoms with E-state index in [4.69, 9.17) is 11.6 Å². The Morgan fingerprint density at radius 1 is 1.24 bits per heavy atom. The predicted octanol–water partition coefficient (Wildman–Crippen LogP) is 5.34. The fraction of sp³-hybridized carbons (Fsp3) is 0.571. The minimum atomic E-state index is 0.563. The minimum Gasteiger partial charge on any atom is -0.381 e. The quantitative estimate of drug-likeness (QED) is 0.776. The molecule has 1 N–H and O–H groups in total. The summed E-state index contributed by atoms with van der Waals surface area (Å²) in [4.78, 5) is 0. The van der Waals surface area contributed by atoms with E-state index in [9.17, 15) is 0 Å². The topological polar surface area (TPSA) is 12.0 Å². The van der Waals surface area contributed by atoms with E-state index in [0.29, 0.717) is 6.04 Å². The Balaban J connectivity index is 2.03. The van der Waals surface area contributed by atoms with Crippen LogP contribution in [0.5, 0.6) is 0 Å². The maximum Gasteiger partial charge on any atom is 0.0638 e. The summed E-state index contributed by atoms with van der Waals surface area (Å²) in [5, 5.41) is 4.38. The first kappa shape index (κ1) is 13.2. The van der Waals surface area contributed by atoms with E-state index in [1.54, 1.807) is 0 Å². The Kier molecular flexibility index (Phi) is 4.37. The van der Waals surface area contributed by atoms with Crippen LogP contribution in [0.3, 0.4) is 0 Å². The lowest BCUT2D eigenvalue weighted by molar-refractivity contribution is 0.261. The van der Waals surface area contributed by atoms with Crippen molar-refractivity contribution in [2.45, 2.75) is 39.2 Å². The summed E-state index contributed by atoms with van der Waals surface area (Å²) in [5.41, 5.74) is 1.05. The fourth-order valence-corrected chi connectivity index (χ4v) is 3.04. The van der Waals surface area contributed by atoms with Crippen molar-refractivity contribution >= 4 is 33.2 Å². The average molecular weight is 317 g/mol. The zero-order chi connectivity index (χ0) is 12.4. The van der Waals surface area contributed by atoms with Crippen LogP contribution in [0.2, 0.25) is 5.02 Å². The lowest BCUT2D eigenvalue weighted by atomic mass is 9.79. The Hall–Kier alpha value is -0.210. The van der Waals surface area contributed by atoms with Gasteiger partial charge in [-0.25, -0.2) is 0 Å². The highest BCUT2D eigenvalue weighted by atomic mass is 79.9. The fourth-order valence-electron chi connectivity index (χ4n) is 2.51. The molecule has 1 aliphatic carbocycles. The van der Waals surface area contributed by atoms with Crippen LogP contribution < -0.4 is 5.32 Å². The van der Waals surface area contributed by atoms with Gasteiger partial charge >= 0.3 is 0 Å². The van der Waals surface area contributed by atoms with Gasteiger partial charge in [0.1, 0.15) is 0 Å². The standard InChI is InChI=1S/C14H19BrClN/c1-9-3-5-12(7-10(9)2)17-14-8-11(15)4-6-13(14)16/h4,6,8-10,12,17H,3,5,7H2,1-2H3. The third kappa shape index (κ3) is 3.38. The van der Waals surface area contributed by atoms with Crippen molar-refractivity contribution in [2.75, 3.05) is 5.32 Å². The first-order valence-corrected chi connectivity index (χ1v) is 7.45. The largest absolute Gasteiger partial charge is 0.381 e. The zero-order valence-electron chi connectivity index (χ0n) is 10.3. The molecule has 0 radical (unpaired) electrons. The van der Waals surface area contributed by atoms with Gasteiger partial charge in [0.15, 0.2) is 0 Å². The molecular weight excluding hydrogens is 298 g/mol. The number of halogens is 2. The second kappa shape index (κ2) is 5.62. The summed E-state index contributed by atoms with van der Waals surface area (Å²) in [6, 6.07) is 6.53. The van der Waals surface area contributed by atoms with E-state index in [-0.39, 0.29) is 0 Å². The van der Waals surface area contributed by atoms with Crippen molar-refractivity contribution in [2.24, 2.45) is 11.8 Å². The number of rotatable bonds is 2. The third-order valence-corrected chi connectivity index (χ3v) is 4.71. The van der Waals surface area contributed by atoms with Crippen molar-refractivity contribution in [3.8, 4) is 0 Å². The summed E-state index contributed by atoms with van der Waals surface area (Å²) in [6.45, 7) is 4.70. The molecule has 1 fully saturated rings. The van der Waals surface area contributed by atoms with Crippen molar-refractivity contribution in [3.63, 3.8) is 0 Å². The number of nitrogens with one attached hydrogen (secondary N) is 1.